The van der Waals surface area contributed by atoms with Gasteiger partial charge in [0, 0.05) is 0 Å². The second-order valence-electron chi connectivity index (χ2n) is 7.50. The van der Waals surface area contributed by atoms with Crippen LogP contribution in [-0.4, -0.2) is 18.9 Å². The first-order valence-corrected chi connectivity index (χ1v) is 10.9. The van der Waals surface area contributed by atoms with E-state index in [-0.39, 0.29) is 5.91 Å². The smallest absolute Gasteiger partial charge is 0.254 e. The van der Waals surface area contributed by atoms with Gasteiger partial charge in [-0.3, -0.25) is 9.79 Å². The highest BCUT2D eigenvalue weighted by molar-refractivity contribution is 5.97. The van der Waals surface area contributed by atoms with Gasteiger partial charge < -0.3 is 10.1 Å². The van der Waals surface area contributed by atoms with Crippen molar-refractivity contribution in [2.75, 3.05) is 6.61 Å². The lowest BCUT2D eigenvalue weighted by Gasteiger charge is -2.09. The Morgan fingerprint density at radius 3 is 1.93 bits per heavy atom. The van der Waals surface area contributed by atoms with Crippen LogP contribution in [0.1, 0.15) is 95.6 Å². The van der Waals surface area contributed by atoms with Gasteiger partial charge in [0.05, 0.1) is 12.9 Å². The maximum Gasteiger partial charge on any atom is 0.254 e. The Bertz CT molecular complexity index is 554. The van der Waals surface area contributed by atoms with Gasteiger partial charge in [0.15, 0.2) is 6.04 Å². The van der Waals surface area contributed by atoms with Crippen molar-refractivity contribution in [1.29, 1.82) is 0 Å². The van der Waals surface area contributed by atoms with Crippen LogP contribution >= 0.6 is 0 Å². The van der Waals surface area contributed by atoms with Gasteiger partial charge in [-0.25, -0.2) is 0 Å². The maximum atomic E-state index is 11.6. The summed E-state index contributed by atoms with van der Waals surface area (Å²) in [5, 5.41) is 2.60. The molecule has 4 heteroatoms. The summed E-state index contributed by atoms with van der Waals surface area (Å²) >= 11 is 0. The highest BCUT2D eigenvalue weighted by Gasteiger charge is 2.22. The van der Waals surface area contributed by atoms with Crippen LogP contribution in [0.25, 0.3) is 0 Å². The number of nitrogens with zero attached hydrogens (tertiary/aromatic N) is 1. The minimum atomic E-state index is -0.407. The fourth-order valence-electron chi connectivity index (χ4n) is 3.44. The van der Waals surface area contributed by atoms with E-state index in [2.05, 4.69) is 17.2 Å². The van der Waals surface area contributed by atoms with Crippen molar-refractivity contribution >= 4 is 12.2 Å². The Morgan fingerprint density at radius 2 is 1.41 bits per heavy atom. The highest BCUT2D eigenvalue weighted by atomic mass is 16.5. The zero-order valence-corrected chi connectivity index (χ0v) is 16.9. The third-order valence-corrected chi connectivity index (χ3v) is 5.14. The number of benzene rings is 1. The van der Waals surface area contributed by atoms with E-state index in [1.54, 1.807) is 0 Å². The van der Waals surface area contributed by atoms with Crippen LogP contribution in [0.15, 0.2) is 29.3 Å². The van der Waals surface area contributed by atoms with Crippen molar-refractivity contribution < 1.29 is 9.53 Å². The van der Waals surface area contributed by atoms with E-state index in [9.17, 15) is 4.79 Å². The minimum absolute atomic E-state index is 0.0693. The van der Waals surface area contributed by atoms with Gasteiger partial charge in [0.2, 0.25) is 0 Å². The summed E-state index contributed by atoms with van der Waals surface area (Å²) in [6.45, 7) is 3.04. The summed E-state index contributed by atoms with van der Waals surface area (Å²) in [6.07, 6.45) is 17.7. The predicted molar refractivity (Wildman–Crippen MR) is 112 cm³/mol. The van der Waals surface area contributed by atoms with Crippen molar-refractivity contribution in [3.63, 3.8) is 0 Å². The summed E-state index contributed by atoms with van der Waals surface area (Å²) in [6, 6.07) is 7.29. The molecular formula is C23H36N2O2. The molecular weight excluding hydrogens is 336 g/mol. The molecule has 0 aromatic heterocycles. The van der Waals surface area contributed by atoms with Crippen molar-refractivity contribution in [2.45, 2.75) is 90.0 Å². The van der Waals surface area contributed by atoms with E-state index >= 15 is 0 Å². The quantitative estimate of drug-likeness (QED) is 0.386. The molecule has 1 N–H and O–H groups in total. The fourth-order valence-corrected chi connectivity index (χ4v) is 3.44. The van der Waals surface area contributed by atoms with Crippen molar-refractivity contribution in [1.82, 2.24) is 5.32 Å². The number of amides is 1. The molecule has 0 saturated heterocycles. The number of hydrogen-bond donors (Lipinski definition) is 1. The van der Waals surface area contributed by atoms with Gasteiger partial charge >= 0.3 is 0 Å². The molecule has 1 unspecified atom stereocenters. The van der Waals surface area contributed by atoms with Gasteiger partial charge in [0.1, 0.15) is 5.75 Å². The Hall–Kier alpha value is -1.84. The summed E-state index contributed by atoms with van der Waals surface area (Å²) in [5.41, 5.74) is 0.902. The number of unbranched alkanes of at least 4 members (excludes halogenated alkanes) is 11. The molecule has 1 aliphatic rings. The number of hydrogen-bond acceptors (Lipinski definition) is 3. The number of rotatable bonds is 15. The standard InChI is InChI=1S/C23H36N2O2/c1-2-3-4-5-6-7-8-9-10-11-12-13-18-27-21-16-14-20(15-17-21)22-23(26)25-19-24-22/h14-17,19,22H,2-13,18H2,1H3,(H,24,25,26). The van der Waals surface area contributed by atoms with E-state index in [1.807, 2.05) is 24.3 Å². The SMILES string of the molecule is CCCCCCCCCCCCCCOc1ccc(C2N=CNC2=O)cc1. The van der Waals surface area contributed by atoms with E-state index in [0.717, 1.165) is 24.3 Å². The van der Waals surface area contributed by atoms with Crippen LogP contribution in [0.4, 0.5) is 0 Å². The van der Waals surface area contributed by atoms with Crippen molar-refractivity contribution in [3.05, 3.63) is 29.8 Å². The summed E-state index contributed by atoms with van der Waals surface area (Å²) < 4.78 is 5.80. The number of carbonyl (C=O) groups is 1. The number of aliphatic imine (C=N–C) groups is 1. The molecule has 0 aliphatic carbocycles. The summed E-state index contributed by atoms with van der Waals surface area (Å²) in [7, 11) is 0. The Labute approximate surface area is 164 Å². The molecule has 0 spiro atoms. The molecule has 0 radical (unpaired) electrons. The molecule has 1 heterocycles. The second-order valence-corrected chi connectivity index (χ2v) is 7.50. The van der Waals surface area contributed by atoms with E-state index in [1.165, 1.54) is 77.0 Å². The van der Waals surface area contributed by atoms with Crippen LogP contribution in [0, 0.1) is 0 Å². The molecule has 0 saturated carbocycles. The fraction of sp³-hybridized carbons (Fsp3) is 0.652. The number of carbonyl (C=O) groups excluding carboxylic acids is 1. The van der Waals surface area contributed by atoms with Gasteiger partial charge in [-0.2, -0.15) is 0 Å². The lowest BCUT2D eigenvalue weighted by atomic mass is 10.1. The first-order chi connectivity index (χ1) is 13.3. The van der Waals surface area contributed by atoms with Crippen LogP contribution in [0.5, 0.6) is 5.75 Å². The largest absolute Gasteiger partial charge is 0.494 e. The maximum absolute atomic E-state index is 11.6. The molecule has 1 aromatic rings. The second kappa shape index (κ2) is 13.3. The average Bonchev–Trinajstić information content (AvgIpc) is 3.12. The third kappa shape index (κ3) is 8.59. The molecule has 1 atom stereocenters. The lowest BCUT2D eigenvalue weighted by molar-refractivity contribution is -0.120. The van der Waals surface area contributed by atoms with Crippen LogP contribution in [-0.2, 0) is 4.79 Å². The third-order valence-electron chi connectivity index (χ3n) is 5.14. The zero-order chi connectivity index (χ0) is 19.2. The molecule has 2 rings (SSSR count). The van der Waals surface area contributed by atoms with E-state index < -0.39 is 6.04 Å². The number of ether oxygens (including phenoxy) is 1. The Morgan fingerprint density at radius 1 is 0.852 bits per heavy atom. The molecule has 4 nitrogen and oxygen atoms in total. The Kier molecular flexibility index (Phi) is 10.6. The summed E-state index contributed by atoms with van der Waals surface area (Å²) in [4.78, 5) is 15.7. The van der Waals surface area contributed by atoms with Crippen molar-refractivity contribution in [2.24, 2.45) is 4.99 Å². The number of nitrogens with one attached hydrogen (secondary N) is 1. The molecule has 0 bridgehead atoms. The van der Waals surface area contributed by atoms with Gasteiger partial charge in [0.25, 0.3) is 5.91 Å². The van der Waals surface area contributed by atoms with E-state index in [4.69, 9.17) is 4.74 Å². The Balaban J connectivity index is 1.43. The molecule has 1 aromatic carbocycles. The predicted octanol–water partition coefficient (Wildman–Crippen LogP) is 5.97. The van der Waals surface area contributed by atoms with Gasteiger partial charge in [-0.15, -0.1) is 0 Å². The van der Waals surface area contributed by atoms with Gasteiger partial charge in [-0.1, -0.05) is 89.7 Å². The van der Waals surface area contributed by atoms with Gasteiger partial charge in [-0.05, 0) is 24.1 Å². The lowest BCUT2D eigenvalue weighted by Crippen LogP contribution is -2.19. The van der Waals surface area contributed by atoms with Crippen LogP contribution < -0.4 is 10.1 Å². The van der Waals surface area contributed by atoms with Crippen LogP contribution in [0.2, 0.25) is 0 Å². The summed E-state index contributed by atoms with van der Waals surface area (Å²) in [5.74, 6) is 0.796. The monoisotopic (exact) mass is 372 g/mol. The molecule has 0 fully saturated rings. The van der Waals surface area contributed by atoms with E-state index in [0.29, 0.717) is 0 Å². The average molecular weight is 373 g/mol. The van der Waals surface area contributed by atoms with Crippen molar-refractivity contribution in [3.8, 4) is 5.75 Å². The van der Waals surface area contributed by atoms with Crippen LogP contribution in [0.3, 0.4) is 0 Å². The molecule has 1 amide bonds. The first kappa shape index (κ1) is 21.5. The zero-order valence-electron chi connectivity index (χ0n) is 16.9. The molecule has 27 heavy (non-hydrogen) atoms. The molecule has 150 valence electrons. The first-order valence-electron chi connectivity index (χ1n) is 10.9. The normalized spacial score (nSPS) is 15.9. The highest BCUT2D eigenvalue weighted by Crippen LogP contribution is 2.22. The topological polar surface area (TPSA) is 50.7 Å². The minimum Gasteiger partial charge on any atom is -0.494 e. The molecule has 1 aliphatic heterocycles.